The Labute approximate surface area is 232 Å². The number of amides is 1. The predicted octanol–water partition coefficient (Wildman–Crippen LogP) is 4.81. The number of hydrogen-bond acceptors (Lipinski definition) is 8. The molecular weight excluding hydrogens is 502 g/mol. The number of aromatic nitrogens is 4. The SMILES string of the molecule is CC(C)(C)CNc1c(C#N)cnc2c(C#N)cc(NC(c3cn(C4CC4)nn3)c3cccc4c3CNC4=O)cc12. The summed E-state index contributed by atoms with van der Waals surface area (Å²) in [5.41, 5.74) is 5.78. The minimum Gasteiger partial charge on any atom is -0.383 e. The number of pyridine rings is 1. The van der Waals surface area contributed by atoms with Crippen molar-refractivity contribution in [3.05, 3.63) is 76.2 Å². The summed E-state index contributed by atoms with van der Waals surface area (Å²) >= 11 is 0. The Balaban J connectivity index is 1.48. The van der Waals surface area contributed by atoms with Crippen LogP contribution in [0.15, 0.2) is 42.7 Å². The molecule has 2 aromatic heterocycles. The van der Waals surface area contributed by atoms with Crippen molar-refractivity contribution in [3.8, 4) is 12.1 Å². The Morgan fingerprint density at radius 3 is 2.70 bits per heavy atom. The maximum absolute atomic E-state index is 12.5. The minimum absolute atomic E-state index is 0.0339. The molecule has 10 heteroatoms. The van der Waals surface area contributed by atoms with E-state index in [4.69, 9.17) is 0 Å². The molecule has 1 fully saturated rings. The molecule has 10 nitrogen and oxygen atoms in total. The van der Waals surface area contributed by atoms with E-state index >= 15 is 0 Å². The molecule has 1 unspecified atom stereocenters. The van der Waals surface area contributed by atoms with E-state index in [1.54, 1.807) is 6.07 Å². The van der Waals surface area contributed by atoms with E-state index in [1.807, 2.05) is 35.1 Å². The lowest BCUT2D eigenvalue weighted by atomic mass is 9.94. The van der Waals surface area contributed by atoms with Crippen molar-refractivity contribution in [2.24, 2.45) is 5.41 Å². The molecule has 3 N–H and O–H groups in total. The van der Waals surface area contributed by atoms with Crippen molar-refractivity contribution in [3.63, 3.8) is 0 Å². The first-order chi connectivity index (χ1) is 19.3. The summed E-state index contributed by atoms with van der Waals surface area (Å²) in [6.07, 6.45) is 5.62. The largest absolute Gasteiger partial charge is 0.383 e. The Hall–Kier alpha value is -4.96. The van der Waals surface area contributed by atoms with Gasteiger partial charge in [-0.05, 0) is 47.6 Å². The number of carbonyl (C=O) groups excluding carboxylic acids is 1. The van der Waals surface area contributed by atoms with Crippen LogP contribution >= 0.6 is 0 Å². The van der Waals surface area contributed by atoms with Gasteiger partial charge in [-0.1, -0.05) is 38.1 Å². The standard InChI is InChI=1S/C30H29N9O/c1-30(2,3)16-35-27-18(12-32)13-33-26-17(11-31)9-19(10-23(26)27)36-28(25-15-39(38-37-25)20-7-8-20)21-5-4-6-22-24(21)14-34-29(22)40/h4-6,9-10,13,15,20,28,36H,7-8,14,16H2,1-3H3,(H,33,35)(H,34,40). The van der Waals surface area contributed by atoms with Crippen molar-refractivity contribution < 1.29 is 4.79 Å². The molecule has 4 aromatic rings. The third kappa shape index (κ3) is 4.69. The van der Waals surface area contributed by atoms with Gasteiger partial charge in [-0.25, -0.2) is 4.68 Å². The number of rotatable bonds is 7. The molecule has 0 bridgehead atoms. The highest BCUT2D eigenvalue weighted by atomic mass is 16.1. The van der Waals surface area contributed by atoms with Gasteiger partial charge in [-0.3, -0.25) is 9.78 Å². The monoisotopic (exact) mass is 531 g/mol. The average molecular weight is 532 g/mol. The average Bonchev–Trinajstić information content (AvgIpc) is 3.55. The van der Waals surface area contributed by atoms with Gasteiger partial charge in [0.15, 0.2) is 0 Å². The van der Waals surface area contributed by atoms with Crippen molar-refractivity contribution in [1.82, 2.24) is 25.3 Å². The highest BCUT2D eigenvalue weighted by Crippen LogP contribution is 2.38. The Kier molecular flexibility index (Phi) is 6.11. The number of nitriles is 2. The molecule has 3 heterocycles. The summed E-state index contributed by atoms with van der Waals surface area (Å²) in [7, 11) is 0. The second-order valence-corrected chi connectivity index (χ2v) is 11.6. The van der Waals surface area contributed by atoms with E-state index in [0.29, 0.717) is 63.8 Å². The quantitative estimate of drug-likeness (QED) is 0.308. The van der Waals surface area contributed by atoms with E-state index < -0.39 is 6.04 Å². The molecule has 1 saturated carbocycles. The minimum atomic E-state index is -0.433. The maximum Gasteiger partial charge on any atom is 0.251 e. The van der Waals surface area contributed by atoms with E-state index in [9.17, 15) is 15.3 Å². The highest BCUT2D eigenvalue weighted by Gasteiger charge is 2.30. The molecule has 40 heavy (non-hydrogen) atoms. The zero-order chi connectivity index (χ0) is 28.0. The molecule has 1 atom stereocenters. The number of nitrogens with one attached hydrogen (secondary N) is 3. The summed E-state index contributed by atoms with van der Waals surface area (Å²) in [4.78, 5) is 16.9. The van der Waals surface area contributed by atoms with Crippen LogP contribution in [0.4, 0.5) is 11.4 Å². The van der Waals surface area contributed by atoms with Crippen LogP contribution in [-0.2, 0) is 6.54 Å². The molecule has 1 amide bonds. The third-order valence-electron chi connectivity index (χ3n) is 7.26. The molecule has 0 saturated heterocycles. The normalized spacial score (nSPS) is 15.2. The van der Waals surface area contributed by atoms with E-state index in [1.165, 1.54) is 6.20 Å². The zero-order valence-corrected chi connectivity index (χ0v) is 22.6. The van der Waals surface area contributed by atoms with Crippen LogP contribution in [0, 0.1) is 28.1 Å². The van der Waals surface area contributed by atoms with Gasteiger partial charge in [0.05, 0.1) is 40.6 Å². The Morgan fingerprint density at radius 2 is 1.98 bits per heavy atom. The molecule has 2 aliphatic rings. The van der Waals surface area contributed by atoms with Crippen molar-refractivity contribution in [2.75, 3.05) is 17.2 Å². The number of hydrogen-bond donors (Lipinski definition) is 3. The molecule has 0 radical (unpaired) electrons. The van der Waals surface area contributed by atoms with Gasteiger partial charge in [0.2, 0.25) is 0 Å². The molecule has 1 aliphatic carbocycles. The van der Waals surface area contributed by atoms with Crippen LogP contribution in [0.25, 0.3) is 10.9 Å². The van der Waals surface area contributed by atoms with Gasteiger partial charge in [-0.15, -0.1) is 5.10 Å². The van der Waals surface area contributed by atoms with Crippen molar-refractivity contribution >= 4 is 28.2 Å². The third-order valence-corrected chi connectivity index (χ3v) is 7.26. The molecule has 0 spiro atoms. The van der Waals surface area contributed by atoms with Crippen molar-refractivity contribution in [2.45, 2.75) is 52.2 Å². The fraction of sp³-hybridized carbons (Fsp3) is 0.333. The molecule has 2 aromatic carbocycles. The molecule has 6 rings (SSSR count). The number of carbonyl (C=O) groups is 1. The molecule has 1 aliphatic heterocycles. The first-order valence-electron chi connectivity index (χ1n) is 13.3. The van der Waals surface area contributed by atoms with Crippen LogP contribution < -0.4 is 16.0 Å². The lowest BCUT2D eigenvalue weighted by Gasteiger charge is -2.23. The van der Waals surface area contributed by atoms with Crippen LogP contribution in [0.3, 0.4) is 0 Å². The Morgan fingerprint density at radius 1 is 1.18 bits per heavy atom. The van der Waals surface area contributed by atoms with E-state index in [2.05, 4.69) is 64.2 Å². The number of fused-ring (bicyclic) bond motifs is 2. The second-order valence-electron chi connectivity index (χ2n) is 11.6. The van der Waals surface area contributed by atoms with Crippen LogP contribution in [0.1, 0.15) is 84.0 Å². The fourth-order valence-electron chi connectivity index (χ4n) is 5.07. The molecule has 200 valence electrons. The first-order valence-corrected chi connectivity index (χ1v) is 13.3. The number of benzene rings is 2. The first kappa shape index (κ1) is 25.3. The van der Waals surface area contributed by atoms with E-state index in [0.717, 1.165) is 24.0 Å². The summed E-state index contributed by atoms with van der Waals surface area (Å²) in [5.74, 6) is -0.0978. The topological polar surface area (TPSA) is 144 Å². The summed E-state index contributed by atoms with van der Waals surface area (Å²) in [6, 6.07) is 13.8. The van der Waals surface area contributed by atoms with Gasteiger partial charge < -0.3 is 16.0 Å². The smallest absolute Gasteiger partial charge is 0.251 e. The molecular formula is C30H29N9O. The predicted molar refractivity (Wildman–Crippen MR) is 150 cm³/mol. The number of anilines is 2. The lowest BCUT2D eigenvalue weighted by molar-refractivity contribution is 0.0965. The number of nitrogens with zero attached hydrogens (tertiary/aromatic N) is 6. The van der Waals surface area contributed by atoms with Gasteiger partial charge in [0, 0.05) is 35.9 Å². The van der Waals surface area contributed by atoms with Gasteiger partial charge in [-0.2, -0.15) is 10.5 Å². The van der Waals surface area contributed by atoms with Gasteiger partial charge in [0.25, 0.3) is 5.91 Å². The lowest BCUT2D eigenvalue weighted by Crippen LogP contribution is -2.20. The van der Waals surface area contributed by atoms with Crippen LogP contribution in [0.2, 0.25) is 0 Å². The van der Waals surface area contributed by atoms with Gasteiger partial charge >= 0.3 is 0 Å². The van der Waals surface area contributed by atoms with Crippen LogP contribution in [0.5, 0.6) is 0 Å². The zero-order valence-electron chi connectivity index (χ0n) is 22.6. The van der Waals surface area contributed by atoms with E-state index in [-0.39, 0.29) is 11.3 Å². The highest BCUT2D eigenvalue weighted by molar-refractivity contribution is 6.00. The Bertz CT molecular complexity index is 1730. The van der Waals surface area contributed by atoms with Gasteiger partial charge in [0.1, 0.15) is 17.8 Å². The maximum atomic E-state index is 12.5. The summed E-state index contributed by atoms with van der Waals surface area (Å²) in [5, 5.41) is 39.4. The van der Waals surface area contributed by atoms with Crippen molar-refractivity contribution in [1.29, 1.82) is 10.5 Å². The fourth-order valence-corrected chi connectivity index (χ4v) is 5.07. The summed E-state index contributed by atoms with van der Waals surface area (Å²) in [6.45, 7) is 7.39. The van der Waals surface area contributed by atoms with Crippen LogP contribution in [-0.4, -0.2) is 32.4 Å². The summed E-state index contributed by atoms with van der Waals surface area (Å²) < 4.78 is 1.90. The second kappa shape index (κ2) is 9.65.